The van der Waals surface area contributed by atoms with Gasteiger partial charge in [0.05, 0.1) is 0 Å². The maximum atomic E-state index is 12.1. The Morgan fingerprint density at radius 1 is 0.962 bits per heavy atom. The van der Waals surface area contributed by atoms with Crippen molar-refractivity contribution in [1.29, 1.82) is 0 Å². The van der Waals surface area contributed by atoms with Crippen molar-refractivity contribution in [2.45, 2.75) is 39.5 Å². The van der Waals surface area contributed by atoms with Gasteiger partial charge >= 0.3 is 0 Å². The molecule has 0 fully saturated rings. The second-order valence-electron chi connectivity index (χ2n) is 7.35. The van der Waals surface area contributed by atoms with Gasteiger partial charge in [-0.1, -0.05) is 61.9 Å². The third kappa shape index (κ3) is 5.45. The summed E-state index contributed by atoms with van der Waals surface area (Å²) in [5.41, 5.74) is 3.83. The first-order chi connectivity index (χ1) is 12.3. The third-order valence-corrected chi connectivity index (χ3v) is 4.55. The van der Waals surface area contributed by atoms with E-state index in [2.05, 4.69) is 49.6 Å². The van der Waals surface area contributed by atoms with Crippen LogP contribution in [0, 0.1) is 13.8 Å². The minimum Gasteiger partial charge on any atom is -0.355 e. The number of benzene rings is 2. The van der Waals surface area contributed by atoms with E-state index in [4.69, 9.17) is 0 Å². The van der Waals surface area contributed by atoms with Gasteiger partial charge in [0.15, 0.2) is 0 Å². The Kier molecular flexibility index (Phi) is 6.56. The van der Waals surface area contributed by atoms with Crippen LogP contribution in [0.2, 0.25) is 0 Å². The van der Waals surface area contributed by atoms with Crippen LogP contribution >= 0.6 is 0 Å². The Morgan fingerprint density at radius 2 is 1.69 bits per heavy atom. The molecule has 2 rings (SSSR count). The average Bonchev–Trinajstić information content (AvgIpc) is 2.60. The average molecular weight is 352 g/mol. The molecule has 0 heterocycles. The van der Waals surface area contributed by atoms with E-state index in [9.17, 15) is 9.59 Å². The minimum absolute atomic E-state index is 0.0594. The van der Waals surface area contributed by atoms with Gasteiger partial charge in [0, 0.05) is 30.5 Å². The molecule has 2 N–H and O–H groups in total. The zero-order chi connectivity index (χ0) is 19.2. The SMILES string of the molecule is Cc1cccc(C(C)(C)CNC(=O)CCNC(=O)c2ccccc2C)c1. The lowest BCUT2D eigenvalue weighted by molar-refractivity contribution is -0.121. The van der Waals surface area contributed by atoms with E-state index < -0.39 is 0 Å². The molecule has 0 unspecified atom stereocenters. The lowest BCUT2D eigenvalue weighted by Crippen LogP contribution is -2.38. The second-order valence-corrected chi connectivity index (χ2v) is 7.35. The number of hydrogen-bond acceptors (Lipinski definition) is 2. The molecule has 0 saturated carbocycles. The molecule has 0 spiro atoms. The molecule has 0 radical (unpaired) electrons. The lowest BCUT2D eigenvalue weighted by Gasteiger charge is -2.26. The summed E-state index contributed by atoms with van der Waals surface area (Å²) in [5, 5.41) is 5.78. The summed E-state index contributed by atoms with van der Waals surface area (Å²) in [6, 6.07) is 15.8. The normalized spacial score (nSPS) is 11.1. The Bertz CT molecular complexity index is 781. The molecule has 138 valence electrons. The Labute approximate surface area is 156 Å². The van der Waals surface area contributed by atoms with E-state index in [0.717, 1.165) is 5.56 Å². The van der Waals surface area contributed by atoms with Gasteiger partial charge < -0.3 is 10.6 Å². The molecule has 0 aliphatic carbocycles. The molecule has 26 heavy (non-hydrogen) atoms. The monoisotopic (exact) mass is 352 g/mol. The largest absolute Gasteiger partial charge is 0.355 e. The molecule has 0 aliphatic rings. The molecule has 0 saturated heterocycles. The van der Waals surface area contributed by atoms with Crippen LogP contribution in [0.5, 0.6) is 0 Å². The maximum absolute atomic E-state index is 12.1. The smallest absolute Gasteiger partial charge is 0.251 e. The summed E-state index contributed by atoms with van der Waals surface area (Å²) in [7, 11) is 0. The summed E-state index contributed by atoms with van der Waals surface area (Å²) in [5.74, 6) is -0.202. The van der Waals surface area contributed by atoms with E-state index in [1.165, 1.54) is 11.1 Å². The molecule has 2 amide bonds. The van der Waals surface area contributed by atoms with Crippen molar-refractivity contribution in [2.24, 2.45) is 0 Å². The lowest BCUT2D eigenvalue weighted by atomic mass is 9.84. The minimum atomic E-state index is -0.147. The zero-order valence-corrected chi connectivity index (χ0v) is 16.1. The van der Waals surface area contributed by atoms with Gasteiger partial charge in [-0.2, -0.15) is 0 Å². The standard InChI is InChI=1S/C22H28N2O2/c1-16-8-7-10-18(14-16)22(3,4)15-24-20(25)12-13-23-21(26)19-11-6-5-9-17(19)2/h5-11,14H,12-13,15H2,1-4H3,(H,23,26)(H,24,25). The van der Waals surface area contributed by atoms with Crippen LogP contribution in [0.1, 0.15) is 47.3 Å². The summed E-state index contributed by atoms with van der Waals surface area (Å²) < 4.78 is 0. The second kappa shape index (κ2) is 8.65. The summed E-state index contributed by atoms with van der Waals surface area (Å²) in [6.07, 6.45) is 0.265. The van der Waals surface area contributed by atoms with Gasteiger partial charge in [0.25, 0.3) is 5.91 Å². The van der Waals surface area contributed by atoms with Gasteiger partial charge in [-0.05, 0) is 31.0 Å². The van der Waals surface area contributed by atoms with E-state index in [1.807, 2.05) is 31.2 Å². The molecule has 4 nitrogen and oxygen atoms in total. The fraction of sp³-hybridized carbons (Fsp3) is 0.364. The van der Waals surface area contributed by atoms with Crippen LogP contribution in [0.4, 0.5) is 0 Å². The predicted octanol–water partition coefficient (Wildman–Crippen LogP) is 3.52. The highest BCUT2D eigenvalue weighted by molar-refractivity contribution is 5.95. The summed E-state index contributed by atoms with van der Waals surface area (Å²) >= 11 is 0. The first-order valence-corrected chi connectivity index (χ1v) is 8.97. The highest BCUT2D eigenvalue weighted by atomic mass is 16.2. The fourth-order valence-electron chi connectivity index (χ4n) is 2.79. The van der Waals surface area contributed by atoms with Crippen LogP contribution in [0.25, 0.3) is 0 Å². The Balaban J connectivity index is 1.78. The Morgan fingerprint density at radius 3 is 2.38 bits per heavy atom. The summed E-state index contributed by atoms with van der Waals surface area (Å²) in [6.45, 7) is 9.07. The number of hydrogen-bond donors (Lipinski definition) is 2. The topological polar surface area (TPSA) is 58.2 Å². The quantitative estimate of drug-likeness (QED) is 0.801. The number of rotatable bonds is 7. The van der Waals surface area contributed by atoms with Crippen molar-refractivity contribution in [1.82, 2.24) is 10.6 Å². The van der Waals surface area contributed by atoms with Gasteiger partial charge in [0.2, 0.25) is 5.91 Å². The van der Waals surface area contributed by atoms with Gasteiger partial charge in [-0.25, -0.2) is 0 Å². The van der Waals surface area contributed by atoms with E-state index in [0.29, 0.717) is 18.7 Å². The van der Waals surface area contributed by atoms with E-state index in [-0.39, 0.29) is 23.7 Å². The first-order valence-electron chi connectivity index (χ1n) is 8.97. The van der Waals surface area contributed by atoms with Crippen molar-refractivity contribution in [3.8, 4) is 0 Å². The Hall–Kier alpha value is -2.62. The van der Waals surface area contributed by atoms with Crippen molar-refractivity contribution >= 4 is 11.8 Å². The van der Waals surface area contributed by atoms with Crippen LogP contribution in [-0.2, 0) is 10.2 Å². The highest BCUT2D eigenvalue weighted by Crippen LogP contribution is 2.23. The zero-order valence-electron chi connectivity index (χ0n) is 16.1. The molecule has 0 aromatic heterocycles. The van der Waals surface area contributed by atoms with E-state index >= 15 is 0 Å². The summed E-state index contributed by atoms with van der Waals surface area (Å²) in [4.78, 5) is 24.2. The number of carbonyl (C=O) groups excluding carboxylic acids is 2. The molecule has 0 bridgehead atoms. The van der Waals surface area contributed by atoms with Gasteiger partial charge in [-0.3, -0.25) is 9.59 Å². The molecule has 0 aliphatic heterocycles. The van der Waals surface area contributed by atoms with Crippen molar-refractivity contribution in [3.63, 3.8) is 0 Å². The van der Waals surface area contributed by atoms with Crippen molar-refractivity contribution < 1.29 is 9.59 Å². The molecular formula is C22H28N2O2. The molecule has 4 heteroatoms. The van der Waals surface area contributed by atoms with Crippen LogP contribution in [0.3, 0.4) is 0 Å². The van der Waals surface area contributed by atoms with Crippen LogP contribution in [0.15, 0.2) is 48.5 Å². The number of aryl methyl sites for hydroxylation is 2. The van der Waals surface area contributed by atoms with Gasteiger partial charge in [-0.15, -0.1) is 0 Å². The number of carbonyl (C=O) groups is 2. The van der Waals surface area contributed by atoms with Crippen LogP contribution in [-0.4, -0.2) is 24.9 Å². The maximum Gasteiger partial charge on any atom is 0.251 e. The highest BCUT2D eigenvalue weighted by Gasteiger charge is 2.21. The molecular weight excluding hydrogens is 324 g/mol. The first kappa shape index (κ1) is 19.7. The molecule has 0 atom stereocenters. The molecule has 2 aromatic rings. The fourth-order valence-corrected chi connectivity index (χ4v) is 2.79. The number of amides is 2. The number of nitrogens with one attached hydrogen (secondary N) is 2. The van der Waals surface area contributed by atoms with Crippen molar-refractivity contribution in [3.05, 3.63) is 70.8 Å². The van der Waals surface area contributed by atoms with Crippen molar-refractivity contribution in [2.75, 3.05) is 13.1 Å². The third-order valence-electron chi connectivity index (χ3n) is 4.55. The van der Waals surface area contributed by atoms with Crippen LogP contribution < -0.4 is 10.6 Å². The predicted molar refractivity (Wildman–Crippen MR) is 105 cm³/mol. The molecule has 2 aromatic carbocycles. The van der Waals surface area contributed by atoms with E-state index in [1.54, 1.807) is 6.07 Å². The van der Waals surface area contributed by atoms with Gasteiger partial charge in [0.1, 0.15) is 0 Å².